The molecular weight excluding hydrogens is 302 g/mol. The molecule has 0 spiro atoms. The van der Waals surface area contributed by atoms with Gasteiger partial charge in [-0.1, -0.05) is 12.8 Å². The van der Waals surface area contributed by atoms with Crippen LogP contribution in [0.3, 0.4) is 0 Å². The van der Waals surface area contributed by atoms with Gasteiger partial charge in [-0.15, -0.1) is 0 Å². The van der Waals surface area contributed by atoms with Crippen LogP contribution in [0.15, 0.2) is 36.9 Å². The molecule has 4 rings (SSSR count). The maximum absolute atomic E-state index is 12.8. The van der Waals surface area contributed by atoms with Crippen LogP contribution in [0.1, 0.15) is 47.7 Å². The summed E-state index contributed by atoms with van der Waals surface area (Å²) in [6.07, 6.45) is 11.6. The number of pyridine rings is 2. The van der Waals surface area contributed by atoms with Crippen LogP contribution in [0.25, 0.3) is 10.8 Å². The Hall–Kier alpha value is -2.76. The third kappa shape index (κ3) is 2.64. The first-order valence-electron chi connectivity index (χ1n) is 8.26. The summed E-state index contributed by atoms with van der Waals surface area (Å²) in [6, 6.07) is 3.81. The quantitative estimate of drug-likeness (QED) is 0.803. The van der Waals surface area contributed by atoms with Crippen LogP contribution in [-0.4, -0.2) is 25.7 Å². The molecule has 3 aromatic heterocycles. The van der Waals surface area contributed by atoms with Crippen LogP contribution in [-0.2, 0) is 7.05 Å². The van der Waals surface area contributed by atoms with Crippen molar-refractivity contribution in [2.24, 2.45) is 7.05 Å². The predicted octanol–water partition coefficient (Wildman–Crippen LogP) is 3.27. The molecule has 6 nitrogen and oxygen atoms in total. The van der Waals surface area contributed by atoms with E-state index in [1.54, 1.807) is 29.5 Å². The van der Waals surface area contributed by atoms with E-state index in [2.05, 4.69) is 20.4 Å². The van der Waals surface area contributed by atoms with Crippen molar-refractivity contribution in [3.8, 4) is 0 Å². The Bertz CT molecular complexity index is 890. The molecule has 1 saturated carbocycles. The zero-order valence-electron chi connectivity index (χ0n) is 13.6. The third-order valence-electron chi connectivity index (χ3n) is 4.64. The third-order valence-corrected chi connectivity index (χ3v) is 4.64. The first-order chi connectivity index (χ1) is 11.7. The molecule has 3 aromatic rings. The number of aryl methyl sites for hydroxylation is 1. The summed E-state index contributed by atoms with van der Waals surface area (Å²) in [7, 11) is 1.86. The van der Waals surface area contributed by atoms with Crippen LogP contribution >= 0.6 is 0 Å². The van der Waals surface area contributed by atoms with Gasteiger partial charge in [0.1, 0.15) is 5.82 Å². The molecule has 122 valence electrons. The Kier molecular flexibility index (Phi) is 3.72. The molecule has 0 atom stereocenters. The second-order valence-corrected chi connectivity index (χ2v) is 6.29. The molecule has 1 N–H and O–H groups in total. The monoisotopic (exact) mass is 321 g/mol. The lowest BCUT2D eigenvalue weighted by atomic mass is 10.00. The van der Waals surface area contributed by atoms with Crippen molar-refractivity contribution in [1.82, 2.24) is 19.7 Å². The van der Waals surface area contributed by atoms with E-state index in [9.17, 15) is 4.79 Å². The van der Waals surface area contributed by atoms with E-state index in [1.165, 1.54) is 12.8 Å². The zero-order chi connectivity index (χ0) is 16.5. The second kappa shape index (κ2) is 6.03. The van der Waals surface area contributed by atoms with Crippen LogP contribution in [0.4, 0.5) is 5.82 Å². The highest BCUT2D eigenvalue weighted by molar-refractivity contribution is 6.08. The number of fused-ring (bicyclic) bond motifs is 1. The Labute approximate surface area is 139 Å². The molecule has 1 amide bonds. The Balaban J connectivity index is 1.67. The van der Waals surface area contributed by atoms with E-state index in [1.807, 2.05) is 19.2 Å². The minimum Gasteiger partial charge on any atom is -0.306 e. The molecule has 0 aromatic carbocycles. The molecule has 0 aliphatic heterocycles. The predicted molar refractivity (Wildman–Crippen MR) is 91.9 cm³/mol. The van der Waals surface area contributed by atoms with Gasteiger partial charge in [-0.25, -0.2) is 4.98 Å². The fourth-order valence-corrected chi connectivity index (χ4v) is 3.47. The Morgan fingerprint density at radius 2 is 2.04 bits per heavy atom. The number of aromatic nitrogens is 4. The van der Waals surface area contributed by atoms with Gasteiger partial charge in [-0.05, 0) is 30.4 Å². The van der Waals surface area contributed by atoms with E-state index in [-0.39, 0.29) is 5.91 Å². The van der Waals surface area contributed by atoms with Crippen LogP contribution in [0, 0.1) is 0 Å². The maximum atomic E-state index is 12.8. The summed E-state index contributed by atoms with van der Waals surface area (Å²) >= 11 is 0. The number of carbonyl (C=O) groups is 1. The summed E-state index contributed by atoms with van der Waals surface area (Å²) < 4.78 is 1.72. The highest BCUT2D eigenvalue weighted by Crippen LogP contribution is 2.35. The number of hydrogen-bond acceptors (Lipinski definition) is 4. The lowest BCUT2D eigenvalue weighted by Crippen LogP contribution is -2.15. The van der Waals surface area contributed by atoms with Gasteiger partial charge < -0.3 is 5.32 Å². The van der Waals surface area contributed by atoms with Crippen molar-refractivity contribution < 1.29 is 4.79 Å². The number of hydrogen-bond donors (Lipinski definition) is 1. The van der Waals surface area contributed by atoms with E-state index >= 15 is 0 Å². The molecule has 1 fully saturated rings. The minimum atomic E-state index is -0.158. The van der Waals surface area contributed by atoms with Gasteiger partial charge in [0, 0.05) is 43.1 Å². The minimum absolute atomic E-state index is 0.158. The smallest absolute Gasteiger partial charge is 0.260 e. The van der Waals surface area contributed by atoms with Gasteiger partial charge >= 0.3 is 0 Å². The van der Waals surface area contributed by atoms with Gasteiger partial charge in [0.15, 0.2) is 0 Å². The summed E-state index contributed by atoms with van der Waals surface area (Å²) in [5.41, 5.74) is 1.55. The number of rotatable bonds is 3. The van der Waals surface area contributed by atoms with Crippen LogP contribution in [0.2, 0.25) is 0 Å². The normalized spacial score (nSPS) is 15.0. The summed E-state index contributed by atoms with van der Waals surface area (Å²) in [6.45, 7) is 0. The molecule has 6 heteroatoms. The lowest BCUT2D eigenvalue weighted by Gasteiger charge is -2.10. The maximum Gasteiger partial charge on any atom is 0.260 e. The topological polar surface area (TPSA) is 72.7 Å². The first kappa shape index (κ1) is 14.8. The largest absolute Gasteiger partial charge is 0.306 e. The van der Waals surface area contributed by atoms with Gasteiger partial charge in [0.25, 0.3) is 5.91 Å². The highest BCUT2D eigenvalue weighted by atomic mass is 16.1. The van der Waals surface area contributed by atoms with E-state index in [4.69, 9.17) is 0 Å². The lowest BCUT2D eigenvalue weighted by molar-refractivity contribution is 0.102. The van der Waals surface area contributed by atoms with Gasteiger partial charge in [-0.3, -0.25) is 14.5 Å². The number of nitrogens with zero attached hydrogens (tertiary/aromatic N) is 4. The van der Waals surface area contributed by atoms with Crippen LogP contribution < -0.4 is 5.32 Å². The molecule has 1 aliphatic carbocycles. The number of nitrogens with one attached hydrogen (secondary N) is 1. The summed E-state index contributed by atoms with van der Waals surface area (Å²) in [5, 5.41) is 9.31. The first-order valence-corrected chi connectivity index (χ1v) is 8.26. The SMILES string of the molecule is Cn1cc(C(=O)Nc2nccc3ccncc23)c(C2CCCC2)n1. The van der Waals surface area contributed by atoms with Crippen molar-refractivity contribution in [2.45, 2.75) is 31.6 Å². The molecule has 3 heterocycles. The zero-order valence-corrected chi connectivity index (χ0v) is 13.6. The summed E-state index contributed by atoms with van der Waals surface area (Å²) in [4.78, 5) is 21.3. The van der Waals surface area contributed by atoms with Crippen molar-refractivity contribution in [3.05, 3.63) is 48.2 Å². The van der Waals surface area contributed by atoms with Crippen molar-refractivity contribution in [2.75, 3.05) is 5.32 Å². The van der Waals surface area contributed by atoms with Crippen molar-refractivity contribution in [1.29, 1.82) is 0 Å². The summed E-state index contributed by atoms with van der Waals surface area (Å²) in [5.74, 6) is 0.759. The Morgan fingerprint density at radius 1 is 1.25 bits per heavy atom. The molecule has 0 bridgehead atoms. The van der Waals surface area contributed by atoms with E-state index < -0.39 is 0 Å². The Morgan fingerprint density at radius 3 is 2.88 bits per heavy atom. The average Bonchev–Trinajstić information content (AvgIpc) is 3.24. The van der Waals surface area contributed by atoms with Crippen molar-refractivity contribution in [3.63, 3.8) is 0 Å². The molecule has 0 unspecified atom stereocenters. The molecular formula is C18H19N5O. The van der Waals surface area contributed by atoms with E-state index in [0.29, 0.717) is 17.3 Å². The van der Waals surface area contributed by atoms with Gasteiger partial charge in [0.2, 0.25) is 0 Å². The van der Waals surface area contributed by atoms with E-state index in [0.717, 1.165) is 29.3 Å². The average molecular weight is 321 g/mol. The number of amides is 1. The molecule has 24 heavy (non-hydrogen) atoms. The molecule has 1 aliphatic rings. The van der Waals surface area contributed by atoms with Gasteiger partial charge in [0.05, 0.1) is 11.3 Å². The van der Waals surface area contributed by atoms with Gasteiger partial charge in [-0.2, -0.15) is 5.10 Å². The van der Waals surface area contributed by atoms with Crippen molar-refractivity contribution >= 4 is 22.5 Å². The number of carbonyl (C=O) groups excluding carboxylic acids is 1. The second-order valence-electron chi connectivity index (χ2n) is 6.29. The molecule has 0 radical (unpaired) electrons. The highest BCUT2D eigenvalue weighted by Gasteiger charge is 2.26. The molecule has 0 saturated heterocycles. The standard InChI is InChI=1S/C18H19N5O/c1-23-11-15(16(22-23)13-4-2-3-5-13)18(24)21-17-14-10-19-8-6-12(14)7-9-20-17/h6-11,13H,2-5H2,1H3,(H,20,21,24). The van der Waals surface area contributed by atoms with Crippen LogP contribution in [0.5, 0.6) is 0 Å². The number of anilines is 1. The fraction of sp³-hybridized carbons (Fsp3) is 0.333. The fourth-order valence-electron chi connectivity index (χ4n) is 3.47.